The summed E-state index contributed by atoms with van der Waals surface area (Å²) < 4.78 is 9.95. The summed E-state index contributed by atoms with van der Waals surface area (Å²) in [5, 5.41) is 2.73. The summed E-state index contributed by atoms with van der Waals surface area (Å²) in [5.41, 5.74) is 1.71. The van der Waals surface area contributed by atoms with Crippen molar-refractivity contribution in [3.8, 4) is 11.5 Å². The SMILES string of the molecule is CC(=O)Oc1ccc(NC(=O)c2cc(C)cc(OC(C)=O)c2)cc1. The molecule has 0 aliphatic carbocycles. The van der Waals surface area contributed by atoms with E-state index in [4.69, 9.17) is 9.47 Å². The van der Waals surface area contributed by atoms with Gasteiger partial charge in [-0.25, -0.2) is 0 Å². The molecule has 0 saturated carbocycles. The number of aryl methyl sites for hydroxylation is 1. The summed E-state index contributed by atoms with van der Waals surface area (Å²) >= 11 is 0. The summed E-state index contributed by atoms with van der Waals surface area (Å²) in [7, 11) is 0. The monoisotopic (exact) mass is 327 g/mol. The lowest BCUT2D eigenvalue weighted by Crippen LogP contribution is -2.13. The summed E-state index contributed by atoms with van der Waals surface area (Å²) in [6.45, 7) is 4.42. The molecule has 1 N–H and O–H groups in total. The third kappa shape index (κ3) is 4.95. The van der Waals surface area contributed by atoms with Crippen LogP contribution in [-0.2, 0) is 9.59 Å². The zero-order valence-electron chi connectivity index (χ0n) is 13.6. The van der Waals surface area contributed by atoms with E-state index >= 15 is 0 Å². The van der Waals surface area contributed by atoms with E-state index in [1.165, 1.54) is 19.9 Å². The van der Waals surface area contributed by atoms with Gasteiger partial charge in [-0.3, -0.25) is 14.4 Å². The molecular formula is C18H17NO5. The average molecular weight is 327 g/mol. The smallest absolute Gasteiger partial charge is 0.308 e. The van der Waals surface area contributed by atoms with Crippen molar-refractivity contribution in [3.05, 3.63) is 53.6 Å². The normalized spacial score (nSPS) is 9.96. The molecule has 0 fully saturated rings. The van der Waals surface area contributed by atoms with Gasteiger partial charge in [0.05, 0.1) is 0 Å². The van der Waals surface area contributed by atoms with Crippen molar-refractivity contribution in [2.24, 2.45) is 0 Å². The van der Waals surface area contributed by atoms with Crippen molar-refractivity contribution in [1.29, 1.82) is 0 Å². The fraction of sp³-hybridized carbons (Fsp3) is 0.167. The van der Waals surface area contributed by atoms with Gasteiger partial charge in [-0.2, -0.15) is 0 Å². The number of nitrogens with one attached hydrogen (secondary N) is 1. The molecule has 0 atom stereocenters. The average Bonchev–Trinajstić information content (AvgIpc) is 2.47. The Hall–Kier alpha value is -3.15. The van der Waals surface area contributed by atoms with Crippen molar-refractivity contribution < 1.29 is 23.9 Å². The minimum absolute atomic E-state index is 0.317. The maximum absolute atomic E-state index is 12.3. The van der Waals surface area contributed by atoms with Crippen LogP contribution >= 0.6 is 0 Å². The second-order valence-corrected chi connectivity index (χ2v) is 5.20. The first-order valence-corrected chi connectivity index (χ1v) is 7.23. The Balaban J connectivity index is 2.13. The topological polar surface area (TPSA) is 81.7 Å². The van der Waals surface area contributed by atoms with Crippen molar-refractivity contribution >= 4 is 23.5 Å². The molecular weight excluding hydrogens is 310 g/mol. The molecule has 124 valence electrons. The lowest BCUT2D eigenvalue weighted by molar-refractivity contribution is -0.132. The number of anilines is 1. The van der Waals surface area contributed by atoms with Crippen LogP contribution in [0.5, 0.6) is 11.5 Å². The van der Waals surface area contributed by atoms with Gasteiger partial charge in [-0.05, 0) is 55.0 Å². The van der Waals surface area contributed by atoms with Gasteiger partial charge in [-0.1, -0.05) is 0 Å². The molecule has 0 unspecified atom stereocenters. The van der Waals surface area contributed by atoms with Crippen molar-refractivity contribution in [2.45, 2.75) is 20.8 Å². The molecule has 0 spiro atoms. The maximum Gasteiger partial charge on any atom is 0.308 e. The molecule has 0 aromatic heterocycles. The van der Waals surface area contributed by atoms with Crippen LogP contribution in [0, 0.1) is 6.92 Å². The number of hydrogen-bond acceptors (Lipinski definition) is 5. The highest BCUT2D eigenvalue weighted by Gasteiger charge is 2.10. The fourth-order valence-electron chi connectivity index (χ4n) is 2.08. The Kier molecular flexibility index (Phi) is 5.31. The van der Waals surface area contributed by atoms with E-state index in [1.807, 2.05) is 0 Å². The lowest BCUT2D eigenvalue weighted by atomic mass is 10.1. The van der Waals surface area contributed by atoms with E-state index in [0.717, 1.165) is 5.56 Å². The van der Waals surface area contributed by atoms with Crippen molar-refractivity contribution in [1.82, 2.24) is 0 Å². The van der Waals surface area contributed by atoms with E-state index in [2.05, 4.69) is 5.32 Å². The molecule has 6 heteroatoms. The third-order valence-corrected chi connectivity index (χ3v) is 2.95. The van der Waals surface area contributed by atoms with E-state index in [-0.39, 0.29) is 5.91 Å². The molecule has 2 aromatic rings. The molecule has 0 radical (unpaired) electrons. The first-order valence-electron chi connectivity index (χ1n) is 7.23. The number of hydrogen-bond donors (Lipinski definition) is 1. The largest absolute Gasteiger partial charge is 0.427 e. The molecule has 0 heterocycles. The van der Waals surface area contributed by atoms with Gasteiger partial charge in [0.1, 0.15) is 11.5 Å². The summed E-state index contributed by atoms with van der Waals surface area (Å²) in [6.07, 6.45) is 0. The van der Waals surface area contributed by atoms with Crippen LogP contribution in [0.4, 0.5) is 5.69 Å². The molecule has 1 amide bonds. The first-order chi connectivity index (χ1) is 11.3. The highest BCUT2D eigenvalue weighted by Crippen LogP contribution is 2.20. The number of carbonyl (C=O) groups excluding carboxylic acids is 3. The third-order valence-electron chi connectivity index (χ3n) is 2.95. The molecule has 0 saturated heterocycles. The minimum Gasteiger partial charge on any atom is -0.427 e. The first kappa shape index (κ1) is 17.2. The van der Waals surface area contributed by atoms with Crippen LogP contribution < -0.4 is 14.8 Å². The number of esters is 2. The summed E-state index contributed by atoms with van der Waals surface area (Å²) in [5.74, 6) is -0.490. The molecule has 0 aliphatic heterocycles. The van der Waals surface area contributed by atoms with Gasteiger partial charge in [0, 0.05) is 25.1 Å². The Bertz CT molecular complexity index is 780. The Morgan fingerprint density at radius 2 is 1.42 bits per heavy atom. The molecule has 24 heavy (non-hydrogen) atoms. The number of amides is 1. The van der Waals surface area contributed by atoms with Crippen LogP contribution in [0.3, 0.4) is 0 Å². The second-order valence-electron chi connectivity index (χ2n) is 5.20. The van der Waals surface area contributed by atoms with Crippen LogP contribution in [0.1, 0.15) is 29.8 Å². The van der Waals surface area contributed by atoms with Gasteiger partial charge in [0.25, 0.3) is 5.91 Å². The van der Waals surface area contributed by atoms with E-state index < -0.39 is 11.9 Å². The van der Waals surface area contributed by atoms with Gasteiger partial charge in [0.2, 0.25) is 0 Å². The predicted molar refractivity (Wildman–Crippen MR) is 88.2 cm³/mol. The quantitative estimate of drug-likeness (QED) is 0.689. The number of ether oxygens (including phenoxy) is 2. The van der Waals surface area contributed by atoms with E-state index in [0.29, 0.717) is 22.7 Å². The fourth-order valence-corrected chi connectivity index (χ4v) is 2.08. The molecule has 2 rings (SSSR count). The number of carbonyl (C=O) groups is 3. The van der Waals surface area contributed by atoms with Gasteiger partial charge in [-0.15, -0.1) is 0 Å². The highest BCUT2D eigenvalue weighted by molar-refractivity contribution is 6.04. The van der Waals surface area contributed by atoms with Gasteiger partial charge in [0.15, 0.2) is 0 Å². The second kappa shape index (κ2) is 7.41. The number of benzene rings is 2. The van der Waals surface area contributed by atoms with E-state index in [1.54, 1.807) is 43.3 Å². The highest BCUT2D eigenvalue weighted by atomic mass is 16.5. The Morgan fingerprint density at radius 1 is 0.833 bits per heavy atom. The Labute approximate surface area is 139 Å². The summed E-state index contributed by atoms with van der Waals surface area (Å²) in [4.78, 5) is 34.2. The number of rotatable bonds is 4. The molecule has 6 nitrogen and oxygen atoms in total. The van der Waals surface area contributed by atoms with Crippen molar-refractivity contribution in [2.75, 3.05) is 5.32 Å². The zero-order chi connectivity index (χ0) is 17.7. The van der Waals surface area contributed by atoms with Crippen LogP contribution in [0.15, 0.2) is 42.5 Å². The van der Waals surface area contributed by atoms with Crippen LogP contribution in [0.25, 0.3) is 0 Å². The maximum atomic E-state index is 12.3. The lowest BCUT2D eigenvalue weighted by Gasteiger charge is -2.09. The summed E-state index contributed by atoms with van der Waals surface area (Å²) in [6, 6.07) is 11.3. The van der Waals surface area contributed by atoms with Crippen LogP contribution in [0.2, 0.25) is 0 Å². The van der Waals surface area contributed by atoms with Crippen molar-refractivity contribution in [3.63, 3.8) is 0 Å². The zero-order valence-corrected chi connectivity index (χ0v) is 13.6. The minimum atomic E-state index is -0.451. The van der Waals surface area contributed by atoms with Crippen LogP contribution in [-0.4, -0.2) is 17.8 Å². The predicted octanol–water partition coefficient (Wildman–Crippen LogP) is 3.10. The van der Waals surface area contributed by atoms with Gasteiger partial charge < -0.3 is 14.8 Å². The van der Waals surface area contributed by atoms with Gasteiger partial charge >= 0.3 is 11.9 Å². The molecule has 0 aliphatic rings. The van der Waals surface area contributed by atoms with E-state index in [9.17, 15) is 14.4 Å². The Morgan fingerprint density at radius 3 is 2.00 bits per heavy atom. The standard InChI is InChI=1S/C18H17NO5/c1-11-8-14(10-17(9-11)24-13(3)21)18(22)19-15-4-6-16(7-5-15)23-12(2)20/h4-10H,1-3H3,(H,19,22). The molecule has 0 bridgehead atoms. The molecule has 2 aromatic carbocycles.